The molecule has 0 aliphatic carbocycles. The van der Waals surface area contributed by atoms with E-state index in [1.54, 1.807) is 0 Å². The average Bonchev–Trinajstić information content (AvgIpc) is 2.58. The van der Waals surface area contributed by atoms with Crippen LogP contribution >= 0.6 is 15.9 Å². The fourth-order valence-corrected chi connectivity index (χ4v) is 2.70. The molecule has 0 aliphatic heterocycles. The number of anilines is 4. The van der Waals surface area contributed by atoms with Gasteiger partial charge in [0.2, 0.25) is 5.95 Å². The van der Waals surface area contributed by atoms with E-state index in [0.29, 0.717) is 12.6 Å². The summed E-state index contributed by atoms with van der Waals surface area (Å²) in [5.74, 6) is 2.11. The molecule has 0 spiro atoms. The first-order valence-electron chi connectivity index (χ1n) is 8.01. The number of aromatic nitrogens is 2. The lowest BCUT2D eigenvalue weighted by Crippen LogP contribution is -2.02. The fourth-order valence-electron chi connectivity index (χ4n) is 2.32. The first-order chi connectivity index (χ1) is 12.1. The molecule has 0 atom stereocenters. The van der Waals surface area contributed by atoms with E-state index < -0.39 is 0 Å². The highest BCUT2D eigenvalue weighted by molar-refractivity contribution is 9.10. The lowest BCUT2D eigenvalue weighted by molar-refractivity contribution is 0.340. The van der Waals surface area contributed by atoms with E-state index in [1.165, 1.54) is 0 Å². The Hall–Kier alpha value is -2.60. The van der Waals surface area contributed by atoms with Crippen LogP contribution in [0.15, 0.2) is 59.1 Å². The summed E-state index contributed by atoms with van der Waals surface area (Å²) in [5.41, 5.74) is 2.73. The van der Waals surface area contributed by atoms with Crippen molar-refractivity contribution in [2.75, 3.05) is 17.2 Å². The van der Waals surface area contributed by atoms with E-state index in [2.05, 4.69) is 36.5 Å². The molecular formula is C19H19BrN4O. The molecule has 0 aliphatic rings. The molecule has 0 fully saturated rings. The van der Waals surface area contributed by atoms with Crippen molar-refractivity contribution < 1.29 is 4.74 Å². The number of hydrogen-bond donors (Lipinski definition) is 2. The van der Waals surface area contributed by atoms with Gasteiger partial charge in [-0.15, -0.1) is 0 Å². The second-order valence-electron chi connectivity index (χ2n) is 5.41. The van der Waals surface area contributed by atoms with Gasteiger partial charge in [0.15, 0.2) is 0 Å². The zero-order valence-corrected chi connectivity index (χ0v) is 15.7. The molecule has 1 aromatic heterocycles. The van der Waals surface area contributed by atoms with Crippen molar-refractivity contribution >= 4 is 39.1 Å². The number of hydrogen-bond acceptors (Lipinski definition) is 5. The monoisotopic (exact) mass is 398 g/mol. The van der Waals surface area contributed by atoms with Gasteiger partial charge >= 0.3 is 0 Å². The Morgan fingerprint density at radius 2 is 1.76 bits per heavy atom. The maximum atomic E-state index is 5.45. The molecule has 3 aromatic rings. The van der Waals surface area contributed by atoms with Crippen LogP contribution < -0.4 is 15.4 Å². The maximum absolute atomic E-state index is 5.45. The van der Waals surface area contributed by atoms with E-state index in [0.717, 1.165) is 33.1 Å². The minimum Gasteiger partial charge on any atom is -0.494 e. The minimum atomic E-state index is 0.540. The van der Waals surface area contributed by atoms with Crippen molar-refractivity contribution in [3.05, 3.63) is 64.8 Å². The highest BCUT2D eigenvalue weighted by Gasteiger charge is 2.05. The summed E-state index contributed by atoms with van der Waals surface area (Å²) >= 11 is 3.53. The van der Waals surface area contributed by atoms with Crippen molar-refractivity contribution in [3.63, 3.8) is 0 Å². The zero-order chi connectivity index (χ0) is 17.6. The molecule has 1 heterocycles. The molecule has 25 heavy (non-hydrogen) atoms. The lowest BCUT2D eigenvalue weighted by Gasteiger charge is -2.11. The molecule has 3 rings (SSSR count). The van der Waals surface area contributed by atoms with Gasteiger partial charge in [-0.1, -0.05) is 12.1 Å². The molecule has 128 valence electrons. The lowest BCUT2D eigenvalue weighted by atomic mass is 10.3. The molecule has 2 N–H and O–H groups in total. The predicted molar refractivity (Wildman–Crippen MR) is 105 cm³/mol. The summed E-state index contributed by atoms with van der Waals surface area (Å²) in [6.45, 7) is 4.56. The summed E-state index contributed by atoms with van der Waals surface area (Å²) in [4.78, 5) is 8.99. The number of rotatable bonds is 6. The van der Waals surface area contributed by atoms with Crippen LogP contribution in [0.4, 0.5) is 23.1 Å². The summed E-state index contributed by atoms with van der Waals surface area (Å²) in [6, 6.07) is 17.5. The summed E-state index contributed by atoms with van der Waals surface area (Å²) in [6.07, 6.45) is 0. The first kappa shape index (κ1) is 17.2. The van der Waals surface area contributed by atoms with Crippen LogP contribution in [0.3, 0.4) is 0 Å². The minimum absolute atomic E-state index is 0.540. The number of ether oxygens (including phenoxy) is 1. The van der Waals surface area contributed by atoms with E-state index in [-0.39, 0.29) is 0 Å². The van der Waals surface area contributed by atoms with Crippen molar-refractivity contribution in [3.8, 4) is 5.75 Å². The van der Waals surface area contributed by atoms with E-state index in [1.807, 2.05) is 68.4 Å². The number of benzene rings is 2. The predicted octanol–water partition coefficient (Wildman–Crippen LogP) is 5.43. The third kappa shape index (κ3) is 4.70. The number of para-hydroxylation sites is 1. The quantitative estimate of drug-likeness (QED) is 0.579. The summed E-state index contributed by atoms with van der Waals surface area (Å²) in [5, 5.41) is 6.53. The van der Waals surface area contributed by atoms with Gasteiger partial charge in [-0.25, -0.2) is 4.98 Å². The van der Waals surface area contributed by atoms with Gasteiger partial charge in [0, 0.05) is 21.9 Å². The van der Waals surface area contributed by atoms with Gasteiger partial charge in [0.1, 0.15) is 11.6 Å². The fraction of sp³-hybridized carbons (Fsp3) is 0.158. The molecule has 0 saturated heterocycles. The second kappa shape index (κ2) is 7.98. The van der Waals surface area contributed by atoms with E-state index >= 15 is 0 Å². The van der Waals surface area contributed by atoms with Crippen LogP contribution in [-0.2, 0) is 0 Å². The largest absolute Gasteiger partial charge is 0.494 e. The molecule has 0 bridgehead atoms. The van der Waals surface area contributed by atoms with Gasteiger partial charge < -0.3 is 15.4 Å². The molecule has 2 aromatic carbocycles. The Morgan fingerprint density at radius 1 is 1.00 bits per heavy atom. The number of nitrogens with zero attached hydrogens (tertiary/aromatic N) is 2. The second-order valence-corrected chi connectivity index (χ2v) is 6.26. The van der Waals surface area contributed by atoms with Crippen LogP contribution in [0, 0.1) is 6.92 Å². The smallest absolute Gasteiger partial charge is 0.229 e. The third-order valence-electron chi connectivity index (χ3n) is 3.41. The molecule has 5 nitrogen and oxygen atoms in total. The zero-order valence-electron chi connectivity index (χ0n) is 14.1. The Balaban J connectivity index is 1.78. The standard InChI is InChI=1S/C19H19BrN4O/c1-3-25-15-10-8-14(9-11-15)22-19-21-13(2)12-18(24-19)23-17-7-5-4-6-16(17)20/h4-12H,3H2,1-2H3,(H2,21,22,23,24). The van der Waals surface area contributed by atoms with Crippen LogP contribution in [0.2, 0.25) is 0 Å². The highest BCUT2D eigenvalue weighted by Crippen LogP contribution is 2.26. The Morgan fingerprint density at radius 3 is 2.48 bits per heavy atom. The van der Waals surface area contributed by atoms with Crippen LogP contribution in [0.5, 0.6) is 5.75 Å². The number of halogens is 1. The van der Waals surface area contributed by atoms with Crippen LogP contribution in [0.1, 0.15) is 12.6 Å². The molecule has 0 unspecified atom stereocenters. The van der Waals surface area contributed by atoms with Gasteiger partial charge in [-0.2, -0.15) is 4.98 Å². The van der Waals surface area contributed by atoms with Crippen molar-refractivity contribution in [2.45, 2.75) is 13.8 Å². The van der Waals surface area contributed by atoms with E-state index in [4.69, 9.17) is 4.74 Å². The number of aryl methyl sites for hydroxylation is 1. The molecule has 6 heteroatoms. The first-order valence-corrected chi connectivity index (χ1v) is 8.80. The topological polar surface area (TPSA) is 59.1 Å². The maximum Gasteiger partial charge on any atom is 0.229 e. The van der Waals surface area contributed by atoms with Gasteiger partial charge in [0.05, 0.1) is 12.3 Å². The third-order valence-corrected chi connectivity index (χ3v) is 4.10. The number of nitrogens with one attached hydrogen (secondary N) is 2. The normalized spacial score (nSPS) is 10.4. The van der Waals surface area contributed by atoms with Crippen molar-refractivity contribution in [2.24, 2.45) is 0 Å². The molecule has 0 saturated carbocycles. The van der Waals surface area contributed by atoms with Gasteiger partial charge in [-0.3, -0.25) is 0 Å². The van der Waals surface area contributed by atoms with Gasteiger partial charge in [-0.05, 0) is 66.2 Å². The Labute approximate surface area is 155 Å². The Bertz CT molecular complexity index is 852. The van der Waals surface area contributed by atoms with Crippen LogP contribution in [-0.4, -0.2) is 16.6 Å². The highest BCUT2D eigenvalue weighted by atomic mass is 79.9. The van der Waals surface area contributed by atoms with E-state index in [9.17, 15) is 0 Å². The molecule has 0 amide bonds. The SMILES string of the molecule is CCOc1ccc(Nc2nc(C)cc(Nc3ccccc3Br)n2)cc1. The molecule has 0 radical (unpaired) electrons. The Kier molecular flexibility index (Phi) is 5.50. The summed E-state index contributed by atoms with van der Waals surface area (Å²) in [7, 11) is 0. The average molecular weight is 399 g/mol. The van der Waals surface area contributed by atoms with Crippen LogP contribution in [0.25, 0.3) is 0 Å². The van der Waals surface area contributed by atoms with Crippen molar-refractivity contribution in [1.29, 1.82) is 0 Å². The summed E-state index contributed by atoms with van der Waals surface area (Å²) < 4.78 is 6.43. The van der Waals surface area contributed by atoms with Crippen molar-refractivity contribution in [1.82, 2.24) is 9.97 Å². The molecular weight excluding hydrogens is 380 g/mol. The van der Waals surface area contributed by atoms with Gasteiger partial charge in [0.25, 0.3) is 0 Å².